The van der Waals surface area contributed by atoms with E-state index >= 15 is 0 Å². The van der Waals surface area contributed by atoms with Gasteiger partial charge in [-0.3, -0.25) is 9.59 Å². The van der Waals surface area contributed by atoms with Crippen LogP contribution >= 0.6 is 11.3 Å². The molecule has 5 nitrogen and oxygen atoms in total. The second-order valence-electron chi connectivity index (χ2n) is 6.22. The van der Waals surface area contributed by atoms with Gasteiger partial charge in [-0.2, -0.15) is 0 Å². The molecule has 2 N–H and O–H groups in total. The van der Waals surface area contributed by atoms with Crippen molar-refractivity contribution in [1.29, 1.82) is 0 Å². The molecule has 0 unspecified atom stereocenters. The molecule has 6 heteroatoms. The summed E-state index contributed by atoms with van der Waals surface area (Å²) in [5.41, 5.74) is 7.47. The SMILES string of the molecule is NC(=O)C1CCN(C(=O)c2cc3c(s2)-c2ccccc2OC3)CC1. The number of nitrogens with zero attached hydrogens (tertiary/aromatic N) is 1. The number of fused-ring (bicyclic) bond motifs is 3. The van der Waals surface area contributed by atoms with Crippen molar-refractivity contribution < 1.29 is 14.3 Å². The van der Waals surface area contributed by atoms with E-state index < -0.39 is 0 Å². The van der Waals surface area contributed by atoms with Gasteiger partial charge in [-0.05, 0) is 31.0 Å². The van der Waals surface area contributed by atoms with Crippen LogP contribution in [0.5, 0.6) is 5.75 Å². The summed E-state index contributed by atoms with van der Waals surface area (Å²) >= 11 is 1.52. The number of para-hydroxylation sites is 1. The second kappa shape index (κ2) is 5.94. The number of rotatable bonds is 2. The van der Waals surface area contributed by atoms with Crippen LogP contribution in [0.2, 0.25) is 0 Å². The quantitative estimate of drug-likeness (QED) is 0.912. The molecule has 1 aromatic carbocycles. The van der Waals surface area contributed by atoms with E-state index in [1.807, 2.05) is 35.2 Å². The zero-order valence-electron chi connectivity index (χ0n) is 13.2. The third-order valence-electron chi connectivity index (χ3n) is 4.72. The lowest BCUT2D eigenvalue weighted by Crippen LogP contribution is -2.41. The van der Waals surface area contributed by atoms with Crippen LogP contribution in [0.25, 0.3) is 10.4 Å². The minimum Gasteiger partial charge on any atom is -0.488 e. The van der Waals surface area contributed by atoms with Crippen LogP contribution < -0.4 is 10.5 Å². The Balaban J connectivity index is 1.56. The minimum absolute atomic E-state index is 0.0369. The number of likely N-dealkylation sites (tertiary alicyclic amines) is 1. The maximum atomic E-state index is 12.8. The number of hydrogen-bond acceptors (Lipinski definition) is 4. The molecule has 2 aliphatic heterocycles. The Morgan fingerprint density at radius 2 is 1.96 bits per heavy atom. The highest BCUT2D eigenvalue weighted by Gasteiger charge is 2.29. The molecule has 1 fully saturated rings. The largest absolute Gasteiger partial charge is 0.488 e. The van der Waals surface area contributed by atoms with Gasteiger partial charge in [-0.25, -0.2) is 0 Å². The van der Waals surface area contributed by atoms with Gasteiger partial charge in [0, 0.05) is 35.0 Å². The van der Waals surface area contributed by atoms with Gasteiger partial charge in [0.2, 0.25) is 5.91 Å². The molecule has 24 heavy (non-hydrogen) atoms. The number of amides is 2. The van der Waals surface area contributed by atoms with Gasteiger partial charge in [0.1, 0.15) is 12.4 Å². The van der Waals surface area contributed by atoms with Crippen molar-refractivity contribution in [1.82, 2.24) is 4.90 Å². The zero-order chi connectivity index (χ0) is 16.7. The van der Waals surface area contributed by atoms with Gasteiger partial charge in [0.15, 0.2) is 0 Å². The van der Waals surface area contributed by atoms with Gasteiger partial charge in [-0.15, -0.1) is 11.3 Å². The van der Waals surface area contributed by atoms with Crippen LogP contribution in [-0.4, -0.2) is 29.8 Å². The molecule has 3 heterocycles. The van der Waals surface area contributed by atoms with Gasteiger partial charge in [0.25, 0.3) is 5.91 Å². The average molecular weight is 342 g/mol. The Morgan fingerprint density at radius 3 is 2.71 bits per heavy atom. The predicted octanol–water partition coefficient (Wildman–Crippen LogP) is 2.65. The highest BCUT2D eigenvalue weighted by Crippen LogP contribution is 2.42. The van der Waals surface area contributed by atoms with Crippen molar-refractivity contribution in [2.45, 2.75) is 19.4 Å². The monoisotopic (exact) mass is 342 g/mol. The topological polar surface area (TPSA) is 72.6 Å². The van der Waals surface area contributed by atoms with Crippen molar-refractivity contribution in [3.63, 3.8) is 0 Å². The van der Waals surface area contributed by atoms with Gasteiger partial charge in [-0.1, -0.05) is 12.1 Å². The van der Waals surface area contributed by atoms with Crippen LogP contribution in [0.1, 0.15) is 28.1 Å². The first-order chi connectivity index (χ1) is 11.6. The van der Waals surface area contributed by atoms with Crippen LogP contribution in [0, 0.1) is 5.92 Å². The molecule has 0 bridgehead atoms. The number of benzene rings is 1. The summed E-state index contributed by atoms with van der Waals surface area (Å²) in [4.78, 5) is 27.7. The van der Waals surface area contributed by atoms with Crippen molar-refractivity contribution in [3.05, 3.63) is 40.8 Å². The standard InChI is InChI=1S/C18H18N2O3S/c19-17(21)11-5-7-20(8-6-11)18(22)15-9-12-10-23-14-4-2-1-3-13(14)16(12)24-15/h1-4,9,11H,5-8,10H2,(H2,19,21). The summed E-state index contributed by atoms with van der Waals surface area (Å²) in [6, 6.07) is 9.85. The molecule has 124 valence electrons. The van der Waals surface area contributed by atoms with Crippen molar-refractivity contribution >= 4 is 23.2 Å². The molecule has 0 radical (unpaired) electrons. The molecule has 0 atom stereocenters. The van der Waals surface area contributed by atoms with E-state index in [0.29, 0.717) is 32.5 Å². The fourth-order valence-corrected chi connectivity index (χ4v) is 4.49. The Bertz CT molecular complexity index is 806. The molecule has 2 aromatic rings. The number of carbonyl (C=O) groups excluding carboxylic acids is 2. The molecule has 1 saturated heterocycles. The summed E-state index contributed by atoms with van der Waals surface area (Å²) < 4.78 is 5.76. The number of hydrogen-bond donors (Lipinski definition) is 1. The Morgan fingerprint density at radius 1 is 1.21 bits per heavy atom. The molecule has 2 amide bonds. The Kier molecular flexibility index (Phi) is 3.76. The lowest BCUT2D eigenvalue weighted by molar-refractivity contribution is -0.123. The number of thiophene rings is 1. The molecule has 2 aliphatic rings. The first-order valence-corrected chi connectivity index (χ1v) is 8.88. The highest BCUT2D eigenvalue weighted by atomic mass is 32.1. The first-order valence-electron chi connectivity index (χ1n) is 8.07. The third kappa shape index (κ3) is 2.57. The summed E-state index contributed by atoms with van der Waals surface area (Å²) in [7, 11) is 0. The van der Waals surface area contributed by atoms with E-state index in [1.165, 1.54) is 11.3 Å². The number of nitrogens with two attached hydrogens (primary N) is 1. The lowest BCUT2D eigenvalue weighted by atomic mass is 9.96. The Hall–Kier alpha value is -2.34. The van der Waals surface area contributed by atoms with Crippen LogP contribution in [0.15, 0.2) is 30.3 Å². The maximum Gasteiger partial charge on any atom is 0.263 e. The maximum absolute atomic E-state index is 12.8. The summed E-state index contributed by atoms with van der Waals surface area (Å²) in [5, 5.41) is 0. The normalized spacial score (nSPS) is 16.9. The van der Waals surface area contributed by atoms with Crippen LogP contribution in [0.4, 0.5) is 0 Å². The average Bonchev–Trinajstić information content (AvgIpc) is 3.06. The van der Waals surface area contributed by atoms with Crippen LogP contribution in [0.3, 0.4) is 0 Å². The zero-order valence-corrected chi connectivity index (χ0v) is 14.0. The van der Waals surface area contributed by atoms with Crippen molar-refractivity contribution in [2.75, 3.05) is 13.1 Å². The summed E-state index contributed by atoms with van der Waals surface area (Å²) in [6.07, 6.45) is 1.30. The molecule has 0 saturated carbocycles. The van der Waals surface area contributed by atoms with E-state index in [2.05, 4.69) is 0 Å². The van der Waals surface area contributed by atoms with E-state index in [0.717, 1.165) is 26.6 Å². The predicted molar refractivity (Wildman–Crippen MR) is 91.9 cm³/mol. The van der Waals surface area contributed by atoms with Gasteiger partial charge < -0.3 is 15.4 Å². The molecular formula is C18H18N2O3S. The molecule has 4 rings (SSSR count). The number of primary amides is 1. The molecule has 1 aromatic heterocycles. The first kappa shape index (κ1) is 15.2. The third-order valence-corrected chi connectivity index (χ3v) is 5.92. The molecule has 0 aliphatic carbocycles. The van der Waals surface area contributed by atoms with E-state index in [-0.39, 0.29) is 17.7 Å². The van der Waals surface area contributed by atoms with E-state index in [1.54, 1.807) is 0 Å². The molecule has 0 spiro atoms. The minimum atomic E-state index is -0.262. The fourth-order valence-electron chi connectivity index (χ4n) is 3.33. The van der Waals surface area contributed by atoms with Gasteiger partial charge in [0.05, 0.1) is 4.88 Å². The fraction of sp³-hybridized carbons (Fsp3) is 0.333. The van der Waals surface area contributed by atoms with Crippen LogP contribution in [-0.2, 0) is 11.4 Å². The lowest BCUT2D eigenvalue weighted by Gasteiger charge is -2.30. The van der Waals surface area contributed by atoms with E-state index in [4.69, 9.17) is 10.5 Å². The smallest absolute Gasteiger partial charge is 0.263 e. The number of piperidine rings is 1. The van der Waals surface area contributed by atoms with Crippen molar-refractivity contribution in [3.8, 4) is 16.2 Å². The molecular weight excluding hydrogens is 324 g/mol. The number of carbonyl (C=O) groups is 2. The van der Waals surface area contributed by atoms with E-state index in [9.17, 15) is 9.59 Å². The Labute approximate surface area is 144 Å². The van der Waals surface area contributed by atoms with Crippen molar-refractivity contribution in [2.24, 2.45) is 11.7 Å². The second-order valence-corrected chi connectivity index (χ2v) is 7.27. The number of ether oxygens (including phenoxy) is 1. The highest BCUT2D eigenvalue weighted by molar-refractivity contribution is 7.17. The van der Waals surface area contributed by atoms with Gasteiger partial charge >= 0.3 is 0 Å². The summed E-state index contributed by atoms with van der Waals surface area (Å²) in [5.74, 6) is 0.538. The summed E-state index contributed by atoms with van der Waals surface area (Å²) in [6.45, 7) is 1.67.